The second kappa shape index (κ2) is 15.9. The van der Waals surface area contributed by atoms with Crippen LogP contribution < -0.4 is 14.4 Å². The van der Waals surface area contributed by atoms with E-state index in [0.29, 0.717) is 24.0 Å². The lowest BCUT2D eigenvalue weighted by Gasteiger charge is -2.55. The zero-order valence-corrected chi connectivity index (χ0v) is 34.1. The van der Waals surface area contributed by atoms with E-state index in [1.807, 2.05) is 31.2 Å². The SMILES string of the molecule is C=S1(=O)NC(=O)c2ccc3c(c2)N(C[C@@H]2CC[C@H]2C(CN2CCOCC2)(CN2CCOCC2)CCC[C@H](C)[C@H]1C)C[C@@]1(CCCc2cc(Cl)ccc21)CO3. The molecule has 4 heterocycles. The highest BCUT2D eigenvalue weighted by Gasteiger charge is 2.51. The Morgan fingerprint density at radius 2 is 1.65 bits per heavy atom. The Balaban J connectivity index is 1.22. The van der Waals surface area contributed by atoms with Crippen LogP contribution in [0.1, 0.15) is 80.3 Å². The van der Waals surface area contributed by atoms with E-state index in [4.69, 9.17) is 25.8 Å². The number of carbonyl (C=O) groups excluding carboxylic acids is 1. The summed E-state index contributed by atoms with van der Waals surface area (Å²) in [7, 11) is -2.92. The molecule has 2 aromatic rings. The second-order valence-electron chi connectivity index (χ2n) is 17.6. The minimum Gasteiger partial charge on any atom is -0.490 e. The average molecular weight is 782 g/mol. The number of ether oxygens (including phenoxy) is 3. The topological polar surface area (TPSA) is 83.6 Å². The van der Waals surface area contributed by atoms with Crippen molar-refractivity contribution >= 4 is 38.8 Å². The molecule has 1 saturated carbocycles. The number of halogens is 1. The number of morpholine rings is 2. The highest BCUT2D eigenvalue weighted by Crippen LogP contribution is 2.53. The van der Waals surface area contributed by atoms with Crippen LogP contribution in [0.2, 0.25) is 5.02 Å². The number of carbonyl (C=O) groups is 1. The number of benzene rings is 2. The van der Waals surface area contributed by atoms with Crippen LogP contribution in [0.3, 0.4) is 0 Å². The molecule has 1 spiro atoms. The van der Waals surface area contributed by atoms with Gasteiger partial charge in [0.15, 0.2) is 0 Å². The van der Waals surface area contributed by atoms with Crippen LogP contribution in [-0.4, -0.2) is 116 Å². The van der Waals surface area contributed by atoms with Crippen LogP contribution >= 0.6 is 11.6 Å². The maximum Gasteiger partial charge on any atom is 0.262 e. The van der Waals surface area contributed by atoms with Gasteiger partial charge < -0.3 is 19.1 Å². The summed E-state index contributed by atoms with van der Waals surface area (Å²) in [6, 6.07) is 12.2. The third-order valence-electron chi connectivity index (χ3n) is 14.2. The van der Waals surface area contributed by atoms with Crippen molar-refractivity contribution in [2.45, 2.75) is 75.9 Å². The number of hydrogen-bond acceptors (Lipinski definition) is 8. The van der Waals surface area contributed by atoms with Gasteiger partial charge in [-0.3, -0.25) is 19.3 Å². The molecule has 2 aromatic carbocycles. The van der Waals surface area contributed by atoms with Gasteiger partial charge in [0.25, 0.3) is 5.91 Å². The average Bonchev–Trinajstić information content (AvgIpc) is 3.29. The molecule has 6 aliphatic rings. The summed E-state index contributed by atoms with van der Waals surface area (Å²) in [6.07, 6.45) is 8.67. The quantitative estimate of drug-likeness (QED) is 0.376. The van der Waals surface area contributed by atoms with Gasteiger partial charge >= 0.3 is 0 Å². The summed E-state index contributed by atoms with van der Waals surface area (Å²) in [5, 5.41) is 0.517. The molecule has 1 N–H and O–H groups in total. The lowest BCUT2D eigenvalue weighted by Crippen LogP contribution is -2.58. The zero-order chi connectivity index (χ0) is 37.5. The summed E-state index contributed by atoms with van der Waals surface area (Å²) in [5.41, 5.74) is 4.01. The molecule has 296 valence electrons. The molecule has 4 aliphatic heterocycles. The van der Waals surface area contributed by atoms with Crippen molar-refractivity contribution in [2.24, 2.45) is 23.2 Å². The number of rotatable bonds is 4. The third-order valence-corrected chi connectivity index (χ3v) is 16.7. The molecule has 0 radical (unpaired) electrons. The standard InChI is InChI=1S/C43H61ClN4O5S/c1-31-6-4-14-42(27-46-16-20-51-21-17-46,28-47-18-22-52-23-19-47)38-11-8-35(38)26-48-29-43(15-5-7-33-24-36(44)10-12-37(33)43)30-53-40-13-9-34(25-39(40)48)41(49)45-54(3,50)32(31)2/h9-10,12-13,24-25,31-32,35,38H,3-8,11,14-23,26-30H2,1-2H3,(H,45,49,50)/t31-,32+,35-,38+,43-,54?/m0/s1. The van der Waals surface area contributed by atoms with Crippen LogP contribution in [0.15, 0.2) is 36.4 Å². The lowest BCUT2D eigenvalue weighted by molar-refractivity contribution is -0.0719. The van der Waals surface area contributed by atoms with Gasteiger partial charge in [0.2, 0.25) is 0 Å². The van der Waals surface area contributed by atoms with Crippen molar-refractivity contribution in [1.29, 1.82) is 0 Å². The van der Waals surface area contributed by atoms with Gasteiger partial charge in [-0.2, -0.15) is 0 Å². The summed E-state index contributed by atoms with van der Waals surface area (Å²) in [5.74, 6) is 5.82. The van der Waals surface area contributed by atoms with Crippen LogP contribution in [0.4, 0.5) is 5.69 Å². The fourth-order valence-electron chi connectivity index (χ4n) is 10.9. The first-order valence-electron chi connectivity index (χ1n) is 20.6. The first-order valence-corrected chi connectivity index (χ1v) is 22.8. The minimum absolute atomic E-state index is 0.0939. The van der Waals surface area contributed by atoms with Crippen molar-refractivity contribution in [3.8, 4) is 5.75 Å². The monoisotopic (exact) mass is 780 g/mol. The highest BCUT2D eigenvalue weighted by molar-refractivity contribution is 7.99. The zero-order valence-electron chi connectivity index (χ0n) is 32.5. The molecule has 1 unspecified atom stereocenters. The van der Waals surface area contributed by atoms with E-state index < -0.39 is 9.71 Å². The molecule has 2 bridgehead atoms. The van der Waals surface area contributed by atoms with Crippen LogP contribution in [0.25, 0.3) is 0 Å². The van der Waals surface area contributed by atoms with Crippen molar-refractivity contribution in [3.05, 3.63) is 58.1 Å². The third kappa shape index (κ3) is 7.82. The van der Waals surface area contributed by atoms with E-state index in [-0.39, 0.29) is 27.9 Å². The summed E-state index contributed by atoms with van der Waals surface area (Å²) in [6.45, 7) is 15.7. The van der Waals surface area contributed by atoms with Crippen molar-refractivity contribution in [2.75, 3.05) is 90.3 Å². The largest absolute Gasteiger partial charge is 0.490 e. The van der Waals surface area contributed by atoms with Gasteiger partial charge in [-0.1, -0.05) is 31.0 Å². The number of nitrogens with zero attached hydrogens (tertiary/aromatic N) is 3. The summed E-state index contributed by atoms with van der Waals surface area (Å²) < 4.78 is 35.6. The maximum atomic E-state index is 14.2. The molecular formula is C43H61ClN4O5S. The number of nitrogens with one attached hydrogen (secondary N) is 1. The minimum atomic E-state index is -2.92. The predicted octanol–water partition coefficient (Wildman–Crippen LogP) is 6.06. The number of anilines is 1. The normalized spacial score (nSPS) is 33.8. The molecular weight excluding hydrogens is 720 g/mol. The van der Waals surface area contributed by atoms with Crippen LogP contribution in [-0.2, 0) is 31.0 Å². The summed E-state index contributed by atoms with van der Waals surface area (Å²) in [4.78, 5) is 21.8. The second-order valence-corrected chi connectivity index (χ2v) is 20.4. The fraction of sp³-hybridized carbons (Fsp3) is 0.674. The Morgan fingerprint density at radius 3 is 2.33 bits per heavy atom. The number of aryl methyl sites for hydroxylation is 1. The molecule has 8 rings (SSSR count). The van der Waals surface area contributed by atoms with Crippen molar-refractivity contribution in [3.63, 3.8) is 0 Å². The highest BCUT2D eigenvalue weighted by atomic mass is 35.5. The van der Waals surface area contributed by atoms with E-state index >= 15 is 0 Å². The van der Waals surface area contributed by atoms with Crippen LogP contribution in [0.5, 0.6) is 5.75 Å². The van der Waals surface area contributed by atoms with Gasteiger partial charge in [-0.05, 0) is 122 Å². The molecule has 2 aliphatic carbocycles. The Hall–Kier alpha value is -2.34. The predicted molar refractivity (Wildman–Crippen MR) is 219 cm³/mol. The Labute approximate surface area is 328 Å². The van der Waals surface area contributed by atoms with E-state index in [9.17, 15) is 9.00 Å². The molecule has 54 heavy (non-hydrogen) atoms. The first-order chi connectivity index (χ1) is 26.0. The molecule has 1 amide bonds. The van der Waals surface area contributed by atoms with Gasteiger partial charge in [0, 0.05) is 73.6 Å². The van der Waals surface area contributed by atoms with E-state index in [1.54, 1.807) is 0 Å². The number of amides is 1. The van der Waals surface area contributed by atoms with Gasteiger partial charge in [-0.15, -0.1) is 0 Å². The lowest BCUT2D eigenvalue weighted by atomic mass is 9.56. The van der Waals surface area contributed by atoms with Crippen molar-refractivity contribution < 1.29 is 23.2 Å². The van der Waals surface area contributed by atoms with E-state index in [1.165, 1.54) is 24.0 Å². The molecule has 6 atom stereocenters. The maximum absolute atomic E-state index is 14.2. The molecule has 0 aromatic heterocycles. The summed E-state index contributed by atoms with van der Waals surface area (Å²) >= 11 is 6.56. The molecule has 2 saturated heterocycles. The fourth-order valence-corrected chi connectivity index (χ4v) is 12.6. The smallest absolute Gasteiger partial charge is 0.262 e. The Bertz CT molecular complexity index is 1760. The van der Waals surface area contributed by atoms with Gasteiger partial charge in [0.1, 0.15) is 5.75 Å². The Morgan fingerprint density at radius 1 is 0.926 bits per heavy atom. The molecule has 3 fully saturated rings. The Kier molecular flexibility index (Phi) is 11.3. The number of fused-ring (bicyclic) bond motifs is 4. The van der Waals surface area contributed by atoms with Gasteiger partial charge in [0.05, 0.1) is 48.4 Å². The first kappa shape index (κ1) is 38.5. The number of hydrogen-bond donors (Lipinski definition) is 1. The van der Waals surface area contributed by atoms with E-state index in [0.717, 1.165) is 134 Å². The van der Waals surface area contributed by atoms with Crippen molar-refractivity contribution in [1.82, 2.24) is 14.5 Å². The van der Waals surface area contributed by atoms with Crippen LogP contribution in [0, 0.1) is 23.2 Å². The molecule has 11 heteroatoms. The van der Waals surface area contributed by atoms with Gasteiger partial charge in [-0.25, -0.2) is 4.21 Å². The molecule has 9 nitrogen and oxygen atoms in total. The van der Waals surface area contributed by atoms with E-state index in [2.05, 4.69) is 44.3 Å².